The van der Waals surface area contributed by atoms with Gasteiger partial charge in [-0.25, -0.2) is 4.98 Å². The van der Waals surface area contributed by atoms with E-state index in [0.29, 0.717) is 6.20 Å². The van der Waals surface area contributed by atoms with Gasteiger partial charge in [-0.3, -0.25) is 4.79 Å². The first-order valence-electron chi connectivity index (χ1n) is 8.40. The first-order chi connectivity index (χ1) is 13.2. The van der Waals surface area contributed by atoms with Gasteiger partial charge in [-0.05, 0) is 18.9 Å². The van der Waals surface area contributed by atoms with Gasteiger partial charge in [0.1, 0.15) is 0 Å². The van der Waals surface area contributed by atoms with E-state index in [4.69, 9.17) is 9.26 Å². The number of hydrogen-bond donors (Lipinski definition) is 3. The lowest BCUT2D eigenvalue weighted by atomic mass is 9.86. The number of halogens is 4. The maximum Gasteiger partial charge on any atom is 0.417 e. The van der Waals surface area contributed by atoms with Crippen LogP contribution in [0.1, 0.15) is 29.0 Å². The van der Waals surface area contributed by atoms with E-state index in [1.807, 2.05) is 0 Å². The molecule has 0 saturated heterocycles. The summed E-state index contributed by atoms with van der Waals surface area (Å²) in [6.07, 6.45) is -4.29. The fraction of sp³-hybridized carbons (Fsp3) is 0.471. The number of carbonyl (C=O) groups excluding carboxylic acids is 1. The summed E-state index contributed by atoms with van der Waals surface area (Å²) < 4.78 is 48.1. The molecule has 1 aliphatic rings. The number of pyridine rings is 1. The molecule has 29 heavy (non-hydrogen) atoms. The molecule has 0 spiro atoms. The summed E-state index contributed by atoms with van der Waals surface area (Å²) in [6, 6.07) is 3.31. The number of alkyl halides is 3. The van der Waals surface area contributed by atoms with Gasteiger partial charge in [-0.15, -0.1) is 12.4 Å². The van der Waals surface area contributed by atoms with Crippen molar-refractivity contribution in [3.63, 3.8) is 0 Å². The maximum absolute atomic E-state index is 12.6. The van der Waals surface area contributed by atoms with Crippen molar-refractivity contribution in [2.75, 3.05) is 13.2 Å². The molecule has 3 N–H and O–H groups in total. The molecule has 0 bridgehead atoms. The second-order valence-electron chi connectivity index (χ2n) is 6.77. The summed E-state index contributed by atoms with van der Waals surface area (Å²) >= 11 is 0. The normalized spacial score (nSPS) is 24.0. The van der Waals surface area contributed by atoms with Crippen LogP contribution >= 0.6 is 12.4 Å². The lowest BCUT2D eigenvalue weighted by molar-refractivity contribution is -0.137. The highest BCUT2D eigenvalue weighted by Crippen LogP contribution is 2.39. The van der Waals surface area contributed by atoms with Gasteiger partial charge in [0.05, 0.1) is 30.6 Å². The van der Waals surface area contributed by atoms with Gasteiger partial charge in [0.2, 0.25) is 11.6 Å². The number of hydrogen-bond acceptors (Lipinski definition) is 7. The van der Waals surface area contributed by atoms with Crippen LogP contribution < -0.4 is 10.1 Å². The average molecular weight is 438 g/mol. The minimum absolute atomic E-state index is 0. The van der Waals surface area contributed by atoms with Crippen molar-refractivity contribution in [2.24, 2.45) is 5.41 Å². The average Bonchev–Trinajstić information content (AvgIpc) is 3.27. The highest BCUT2D eigenvalue weighted by atomic mass is 35.5. The van der Waals surface area contributed by atoms with Gasteiger partial charge in [0.15, 0.2) is 0 Å². The monoisotopic (exact) mass is 437 g/mol. The Kier molecular flexibility index (Phi) is 7.09. The topological polar surface area (TPSA) is 118 Å². The molecule has 0 aromatic carbocycles. The molecule has 2 heterocycles. The summed E-state index contributed by atoms with van der Waals surface area (Å²) in [7, 11) is 0. The van der Waals surface area contributed by atoms with Crippen LogP contribution in [0, 0.1) is 5.41 Å². The highest BCUT2D eigenvalue weighted by Gasteiger charge is 2.45. The number of aliphatic hydroxyl groups is 2. The van der Waals surface area contributed by atoms with E-state index in [9.17, 15) is 28.2 Å². The van der Waals surface area contributed by atoms with Gasteiger partial charge in [0.25, 0.3) is 5.91 Å². The Morgan fingerprint density at radius 2 is 1.97 bits per heavy atom. The molecule has 12 heteroatoms. The van der Waals surface area contributed by atoms with Crippen molar-refractivity contribution in [1.29, 1.82) is 0 Å². The molecule has 1 saturated carbocycles. The number of carbonyl (C=O) groups is 1. The fourth-order valence-electron chi connectivity index (χ4n) is 3.10. The van der Waals surface area contributed by atoms with Gasteiger partial charge in [0, 0.05) is 30.3 Å². The lowest BCUT2D eigenvalue weighted by Gasteiger charge is -2.28. The predicted octanol–water partition coefficient (Wildman–Crippen LogP) is 1.82. The lowest BCUT2D eigenvalue weighted by Crippen LogP contribution is -2.40. The Morgan fingerprint density at radius 3 is 2.48 bits per heavy atom. The largest absolute Gasteiger partial charge is 0.477 e. The Balaban J connectivity index is 0.00000300. The third kappa shape index (κ3) is 5.58. The van der Waals surface area contributed by atoms with Gasteiger partial charge in [-0.1, -0.05) is 5.16 Å². The van der Waals surface area contributed by atoms with E-state index in [1.54, 1.807) is 0 Å². The number of nitrogens with one attached hydrogen (secondary N) is 1. The van der Waals surface area contributed by atoms with Crippen molar-refractivity contribution in [2.45, 2.75) is 31.2 Å². The predicted molar refractivity (Wildman–Crippen MR) is 94.5 cm³/mol. The van der Waals surface area contributed by atoms with E-state index in [0.717, 1.165) is 12.1 Å². The number of amides is 1. The third-order valence-corrected chi connectivity index (χ3v) is 4.60. The van der Waals surface area contributed by atoms with Crippen LogP contribution in [0.15, 0.2) is 35.1 Å². The first-order valence-corrected chi connectivity index (χ1v) is 8.40. The minimum Gasteiger partial charge on any atom is -0.477 e. The SMILES string of the molecule is Cl.O=C(NCC1(COc2ccc(C(F)(F)F)cn2)C[C@@H](O)[C@@H](O)C1)c1ccno1. The van der Waals surface area contributed by atoms with Crippen molar-refractivity contribution in [3.05, 3.63) is 41.9 Å². The summed E-state index contributed by atoms with van der Waals surface area (Å²) in [5.41, 5.74) is -1.74. The van der Waals surface area contributed by atoms with Crippen LogP contribution in [0.5, 0.6) is 5.88 Å². The Hall–Kier alpha value is -2.37. The Labute approximate surface area is 169 Å². The van der Waals surface area contributed by atoms with Crippen LogP contribution in [-0.2, 0) is 6.18 Å². The van der Waals surface area contributed by atoms with Crippen LogP contribution in [0.2, 0.25) is 0 Å². The van der Waals surface area contributed by atoms with Crippen molar-refractivity contribution >= 4 is 18.3 Å². The van der Waals surface area contributed by atoms with Crippen molar-refractivity contribution < 1.29 is 37.4 Å². The van der Waals surface area contributed by atoms with Crippen molar-refractivity contribution in [3.8, 4) is 5.88 Å². The molecule has 0 radical (unpaired) electrons. The molecule has 1 fully saturated rings. The smallest absolute Gasteiger partial charge is 0.417 e. The molecule has 0 aliphatic heterocycles. The zero-order chi connectivity index (χ0) is 20.4. The molecule has 160 valence electrons. The molecule has 2 aromatic rings. The maximum atomic E-state index is 12.6. The van der Waals surface area contributed by atoms with E-state index in [-0.39, 0.29) is 50.0 Å². The molecule has 3 atom stereocenters. The number of aromatic nitrogens is 2. The summed E-state index contributed by atoms with van der Waals surface area (Å²) in [5, 5.41) is 25.9. The van der Waals surface area contributed by atoms with Crippen molar-refractivity contribution in [1.82, 2.24) is 15.5 Å². The van der Waals surface area contributed by atoms with Gasteiger partial charge in [-0.2, -0.15) is 13.2 Å². The summed E-state index contributed by atoms with van der Waals surface area (Å²) in [4.78, 5) is 15.7. The number of ether oxygens (including phenoxy) is 1. The minimum atomic E-state index is -4.50. The standard InChI is InChI=1S/C17H18F3N3O5.ClH/c18-17(19,20)10-1-2-14(21-7-10)27-9-16(5-11(24)12(25)6-16)8-22-15(26)13-3-4-23-28-13;/h1-4,7,11-12,24-25H,5-6,8-9H2,(H,22,26);1H/t11-,12+,16?;. The Bertz CT molecular complexity index is 792. The summed E-state index contributed by atoms with van der Waals surface area (Å²) in [5.74, 6) is -0.565. The molecular weight excluding hydrogens is 419 g/mol. The van der Waals surface area contributed by atoms with Crippen LogP contribution in [-0.4, -0.2) is 51.6 Å². The number of aliphatic hydroxyl groups excluding tert-OH is 2. The van der Waals surface area contributed by atoms with Crippen LogP contribution in [0.25, 0.3) is 0 Å². The Morgan fingerprint density at radius 1 is 1.28 bits per heavy atom. The molecule has 1 aliphatic carbocycles. The van der Waals surface area contributed by atoms with Crippen LogP contribution in [0.4, 0.5) is 13.2 Å². The molecule has 2 aromatic heterocycles. The highest BCUT2D eigenvalue weighted by molar-refractivity contribution is 5.91. The van der Waals surface area contributed by atoms with Gasteiger partial charge >= 0.3 is 6.18 Å². The number of nitrogens with zero attached hydrogens (tertiary/aromatic N) is 2. The van der Waals surface area contributed by atoms with E-state index >= 15 is 0 Å². The first kappa shape index (κ1) is 22.9. The van der Waals surface area contributed by atoms with E-state index in [2.05, 4.69) is 15.5 Å². The van der Waals surface area contributed by atoms with E-state index in [1.165, 1.54) is 12.3 Å². The van der Waals surface area contributed by atoms with Gasteiger partial charge < -0.3 is 24.8 Å². The molecular formula is C17H19ClF3N3O5. The zero-order valence-electron chi connectivity index (χ0n) is 14.9. The summed E-state index contributed by atoms with van der Waals surface area (Å²) in [6.45, 7) is -0.0303. The molecule has 3 rings (SSSR count). The number of rotatable bonds is 6. The van der Waals surface area contributed by atoms with E-state index < -0.39 is 35.3 Å². The molecule has 1 amide bonds. The molecule has 1 unspecified atom stereocenters. The quantitative estimate of drug-likeness (QED) is 0.631. The third-order valence-electron chi connectivity index (χ3n) is 4.60. The van der Waals surface area contributed by atoms with Crippen LogP contribution in [0.3, 0.4) is 0 Å². The molecule has 8 nitrogen and oxygen atoms in total. The second-order valence-corrected chi connectivity index (χ2v) is 6.77. The zero-order valence-corrected chi connectivity index (χ0v) is 15.7. The fourth-order valence-corrected chi connectivity index (χ4v) is 3.10. The second kappa shape index (κ2) is 8.97.